The van der Waals surface area contributed by atoms with E-state index in [0.717, 1.165) is 25.5 Å². The molecule has 2 aliphatic rings. The molecule has 120 valence electrons. The van der Waals surface area contributed by atoms with Crippen molar-refractivity contribution in [3.05, 3.63) is 52.9 Å². The van der Waals surface area contributed by atoms with Gasteiger partial charge in [-0.2, -0.15) is 0 Å². The highest BCUT2D eigenvalue weighted by Crippen LogP contribution is 2.26. The van der Waals surface area contributed by atoms with E-state index in [4.69, 9.17) is 11.6 Å². The zero-order chi connectivity index (χ0) is 15.6. The highest BCUT2D eigenvalue weighted by atomic mass is 35.5. The van der Waals surface area contributed by atoms with E-state index in [9.17, 15) is 0 Å². The molecule has 4 rings (SSSR count). The fourth-order valence-corrected chi connectivity index (χ4v) is 3.93. The Hall–Kier alpha value is -1.65. The van der Waals surface area contributed by atoms with E-state index in [1.165, 1.54) is 36.9 Å². The Morgan fingerprint density at radius 1 is 1.00 bits per heavy atom. The molecule has 0 atom stereocenters. The quantitative estimate of drug-likeness (QED) is 0.793. The molecule has 5 heteroatoms. The Balaban J connectivity index is 1.39. The number of aromatic nitrogens is 2. The summed E-state index contributed by atoms with van der Waals surface area (Å²) >= 11 is 5.98. The summed E-state index contributed by atoms with van der Waals surface area (Å²) in [6.45, 7) is 4.35. The minimum absolute atomic E-state index is 0.518. The number of piperidine rings is 1. The summed E-state index contributed by atoms with van der Waals surface area (Å²) in [5, 5.41) is 0.518. The first-order valence-corrected chi connectivity index (χ1v) is 8.71. The standard InChI is InChI=1S/C18H21ClN4/c19-17-11-18(21-13-20-17)22-9-6-16(7-10-22)23-8-5-14-3-1-2-4-15(14)12-23/h1-4,11,13,16H,5-10,12H2. The number of anilines is 1. The summed E-state index contributed by atoms with van der Waals surface area (Å²) in [4.78, 5) is 13.3. The van der Waals surface area contributed by atoms with E-state index in [1.54, 1.807) is 6.33 Å². The molecule has 2 aromatic rings. The van der Waals surface area contributed by atoms with Crippen molar-refractivity contribution >= 4 is 17.4 Å². The fourth-order valence-electron chi connectivity index (χ4n) is 3.79. The molecule has 2 aliphatic heterocycles. The monoisotopic (exact) mass is 328 g/mol. The van der Waals surface area contributed by atoms with Crippen LogP contribution in [0.2, 0.25) is 5.15 Å². The SMILES string of the molecule is Clc1cc(N2CCC(N3CCc4ccccc4C3)CC2)ncn1. The third-order valence-corrected chi connectivity index (χ3v) is 5.29. The largest absolute Gasteiger partial charge is 0.356 e. The topological polar surface area (TPSA) is 32.3 Å². The van der Waals surface area contributed by atoms with Crippen molar-refractivity contribution in [1.29, 1.82) is 0 Å². The fraction of sp³-hybridized carbons (Fsp3) is 0.444. The van der Waals surface area contributed by atoms with Crippen LogP contribution in [-0.2, 0) is 13.0 Å². The van der Waals surface area contributed by atoms with E-state index in [2.05, 4.69) is 44.0 Å². The zero-order valence-electron chi connectivity index (χ0n) is 13.2. The van der Waals surface area contributed by atoms with E-state index in [0.29, 0.717) is 11.2 Å². The van der Waals surface area contributed by atoms with Crippen molar-refractivity contribution in [1.82, 2.24) is 14.9 Å². The zero-order valence-corrected chi connectivity index (χ0v) is 13.9. The lowest BCUT2D eigenvalue weighted by Crippen LogP contribution is -2.46. The number of fused-ring (bicyclic) bond motifs is 1. The van der Waals surface area contributed by atoms with Gasteiger partial charge in [0.2, 0.25) is 0 Å². The van der Waals surface area contributed by atoms with Crippen LogP contribution in [0, 0.1) is 0 Å². The second-order valence-corrected chi connectivity index (χ2v) is 6.79. The smallest absolute Gasteiger partial charge is 0.134 e. The van der Waals surface area contributed by atoms with Gasteiger partial charge >= 0.3 is 0 Å². The van der Waals surface area contributed by atoms with Crippen molar-refractivity contribution in [2.75, 3.05) is 24.5 Å². The van der Waals surface area contributed by atoms with Crippen molar-refractivity contribution in [3.8, 4) is 0 Å². The van der Waals surface area contributed by atoms with Gasteiger partial charge in [-0.05, 0) is 30.4 Å². The molecule has 0 bridgehead atoms. The average Bonchev–Trinajstić information content (AvgIpc) is 2.61. The molecule has 3 heterocycles. The summed E-state index contributed by atoms with van der Waals surface area (Å²) in [5.74, 6) is 0.951. The highest BCUT2D eigenvalue weighted by Gasteiger charge is 2.27. The van der Waals surface area contributed by atoms with Gasteiger partial charge in [0.05, 0.1) is 0 Å². The maximum atomic E-state index is 5.98. The Morgan fingerprint density at radius 3 is 2.57 bits per heavy atom. The molecule has 0 unspecified atom stereocenters. The molecule has 23 heavy (non-hydrogen) atoms. The van der Waals surface area contributed by atoms with E-state index >= 15 is 0 Å². The second kappa shape index (κ2) is 6.46. The van der Waals surface area contributed by atoms with Crippen LogP contribution in [0.5, 0.6) is 0 Å². The minimum Gasteiger partial charge on any atom is -0.356 e. The minimum atomic E-state index is 0.518. The Labute approximate surface area is 142 Å². The number of benzene rings is 1. The first kappa shape index (κ1) is 14.9. The van der Waals surface area contributed by atoms with E-state index in [-0.39, 0.29) is 0 Å². The first-order valence-electron chi connectivity index (χ1n) is 8.33. The predicted molar refractivity (Wildman–Crippen MR) is 92.8 cm³/mol. The van der Waals surface area contributed by atoms with Gasteiger partial charge in [0.25, 0.3) is 0 Å². The molecule has 1 fully saturated rings. The lowest BCUT2D eigenvalue weighted by atomic mass is 9.95. The molecule has 1 aromatic carbocycles. The van der Waals surface area contributed by atoms with Crippen molar-refractivity contribution in [3.63, 3.8) is 0 Å². The van der Waals surface area contributed by atoms with Crippen molar-refractivity contribution in [2.45, 2.75) is 31.8 Å². The lowest BCUT2D eigenvalue weighted by molar-refractivity contribution is 0.153. The Kier molecular flexibility index (Phi) is 4.19. The molecular weight excluding hydrogens is 308 g/mol. The number of hydrogen-bond donors (Lipinski definition) is 0. The summed E-state index contributed by atoms with van der Waals surface area (Å²) in [7, 11) is 0. The second-order valence-electron chi connectivity index (χ2n) is 6.41. The third-order valence-electron chi connectivity index (χ3n) is 5.08. The van der Waals surface area contributed by atoms with Gasteiger partial charge in [-0.25, -0.2) is 9.97 Å². The summed E-state index contributed by atoms with van der Waals surface area (Å²) in [5.41, 5.74) is 3.03. The number of nitrogens with zero attached hydrogens (tertiary/aromatic N) is 4. The molecule has 1 saturated heterocycles. The molecule has 0 radical (unpaired) electrons. The van der Waals surface area contributed by atoms with Gasteiger partial charge in [0.15, 0.2) is 0 Å². The molecule has 0 saturated carbocycles. The van der Waals surface area contributed by atoms with Crippen LogP contribution in [0.15, 0.2) is 36.7 Å². The first-order chi connectivity index (χ1) is 11.3. The molecule has 4 nitrogen and oxygen atoms in total. The maximum Gasteiger partial charge on any atom is 0.134 e. The lowest BCUT2D eigenvalue weighted by Gasteiger charge is -2.41. The Bertz CT molecular complexity index is 682. The van der Waals surface area contributed by atoms with Gasteiger partial charge in [-0.1, -0.05) is 35.9 Å². The highest BCUT2D eigenvalue weighted by molar-refractivity contribution is 6.29. The van der Waals surface area contributed by atoms with Gasteiger partial charge in [0, 0.05) is 38.3 Å². The number of rotatable bonds is 2. The molecule has 0 aliphatic carbocycles. The summed E-state index contributed by atoms with van der Waals surface area (Å²) in [6.07, 6.45) is 5.09. The maximum absolute atomic E-state index is 5.98. The normalized spacial score (nSPS) is 19.6. The summed E-state index contributed by atoms with van der Waals surface area (Å²) in [6, 6.07) is 11.4. The average molecular weight is 329 g/mol. The molecule has 1 aromatic heterocycles. The predicted octanol–water partition coefficient (Wildman–Crippen LogP) is 3.16. The Morgan fingerprint density at radius 2 is 1.78 bits per heavy atom. The van der Waals surface area contributed by atoms with Gasteiger partial charge in [-0.15, -0.1) is 0 Å². The van der Waals surface area contributed by atoms with Crippen LogP contribution < -0.4 is 4.90 Å². The molecule has 0 spiro atoms. The number of halogens is 1. The van der Waals surface area contributed by atoms with Crippen LogP contribution in [0.3, 0.4) is 0 Å². The van der Waals surface area contributed by atoms with Crippen LogP contribution in [0.1, 0.15) is 24.0 Å². The van der Waals surface area contributed by atoms with Crippen LogP contribution in [-0.4, -0.2) is 40.5 Å². The summed E-state index contributed by atoms with van der Waals surface area (Å²) < 4.78 is 0. The van der Waals surface area contributed by atoms with Gasteiger partial charge < -0.3 is 4.90 Å². The third kappa shape index (κ3) is 3.19. The van der Waals surface area contributed by atoms with Gasteiger partial charge in [-0.3, -0.25) is 4.90 Å². The van der Waals surface area contributed by atoms with Crippen LogP contribution in [0.4, 0.5) is 5.82 Å². The number of hydrogen-bond acceptors (Lipinski definition) is 4. The van der Waals surface area contributed by atoms with E-state index in [1.807, 2.05) is 6.07 Å². The van der Waals surface area contributed by atoms with Crippen LogP contribution >= 0.6 is 11.6 Å². The molecular formula is C18H21ClN4. The van der Waals surface area contributed by atoms with Gasteiger partial charge in [0.1, 0.15) is 17.3 Å². The van der Waals surface area contributed by atoms with Crippen molar-refractivity contribution in [2.24, 2.45) is 0 Å². The van der Waals surface area contributed by atoms with Crippen LogP contribution in [0.25, 0.3) is 0 Å². The molecule has 0 N–H and O–H groups in total. The van der Waals surface area contributed by atoms with E-state index < -0.39 is 0 Å². The van der Waals surface area contributed by atoms with Crippen molar-refractivity contribution < 1.29 is 0 Å². The molecule has 0 amide bonds.